The van der Waals surface area contributed by atoms with E-state index in [-0.39, 0.29) is 24.7 Å². The second-order valence-corrected chi connectivity index (χ2v) is 12.7. The summed E-state index contributed by atoms with van der Waals surface area (Å²) in [6.07, 6.45) is 14.8. The monoisotopic (exact) mass is 591 g/mol. The molecule has 1 aliphatic rings. The van der Waals surface area contributed by atoms with Gasteiger partial charge in [-0.1, -0.05) is 72.6 Å². The van der Waals surface area contributed by atoms with Crippen LogP contribution in [-0.4, -0.2) is 60.2 Å². The first kappa shape index (κ1) is 32.5. The maximum Gasteiger partial charge on any atom is 0.227 e. The summed E-state index contributed by atoms with van der Waals surface area (Å²) in [5, 5.41) is 26.4. The number of unbranched alkanes of at least 4 members (excludes halogenated alkanes) is 1. The van der Waals surface area contributed by atoms with Crippen LogP contribution in [0, 0.1) is 11.3 Å². The Labute approximate surface area is 255 Å². The van der Waals surface area contributed by atoms with Gasteiger partial charge < -0.3 is 15.7 Å². The zero-order chi connectivity index (χ0) is 30.8. The van der Waals surface area contributed by atoms with Gasteiger partial charge in [-0.25, -0.2) is 4.98 Å². The number of nitrogens with one attached hydrogen (secondary N) is 2. The number of aliphatic hydroxyl groups is 1. The Kier molecular flexibility index (Phi) is 11.6. The van der Waals surface area contributed by atoms with Crippen molar-refractivity contribution in [1.82, 2.24) is 35.2 Å². The van der Waals surface area contributed by atoms with Gasteiger partial charge in [0.25, 0.3) is 0 Å². The van der Waals surface area contributed by atoms with Crippen LogP contribution in [0.4, 0.5) is 0 Å². The van der Waals surface area contributed by atoms with E-state index in [4.69, 9.17) is 4.98 Å². The second-order valence-electron chi connectivity index (χ2n) is 12.7. The topological polar surface area (TPSA) is 134 Å². The number of hydrogen-bond donors (Lipinski definition) is 3. The molecule has 3 aromatic rings. The average molecular weight is 592 g/mol. The van der Waals surface area contributed by atoms with Crippen molar-refractivity contribution in [2.75, 3.05) is 6.54 Å². The van der Waals surface area contributed by atoms with Crippen LogP contribution < -0.4 is 10.6 Å². The Morgan fingerprint density at radius 1 is 1.14 bits per heavy atom. The maximum atomic E-state index is 13.5. The molecule has 0 unspecified atom stereocenters. The summed E-state index contributed by atoms with van der Waals surface area (Å²) >= 11 is 0. The van der Waals surface area contributed by atoms with Crippen LogP contribution in [0.25, 0.3) is 16.9 Å². The Hall–Kier alpha value is -3.40. The standard InChI is InChI=1S/C33H49N7O3/c1-5-7-17-35-32(43)33(3,4)20-28(41)26(18-23-13-9-8-10-14-23)37-30(42)19-29-38-39-31-25(12-6-2)36-27(22-40(29)31)24-15-11-16-34-21-24/h11,15-16,21-23,26,28,41H,5-10,12-14,17-20H2,1-4H3,(H,35,43)(H,37,42)/t26-,28-/m0/s1. The third kappa shape index (κ3) is 8.81. The van der Waals surface area contributed by atoms with E-state index in [1.807, 2.05) is 36.6 Å². The third-order valence-electron chi connectivity index (χ3n) is 8.57. The zero-order valence-electron chi connectivity index (χ0n) is 26.3. The van der Waals surface area contributed by atoms with Gasteiger partial charge in [0, 0.05) is 36.1 Å². The largest absolute Gasteiger partial charge is 0.391 e. The molecule has 2 atom stereocenters. The minimum atomic E-state index is -0.856. The van der Waals surface area contributed by atoms with E-state index in [1.165, 1.54) is 19.3 Å². The summed E-state index contributed by atoms with van der Waals surface area (Å²) in [4.78, 5) is 35.5. The van der Waals surface area contributed by atoms with Crippen molar-refractivity contribution in [2.45, 2.75) is 117 Å². The quantitative estimate of drug-likeness (QED) is 0.216. The Balaban J connectivity index is 1.53. The molecule has 3 N–H and O–H groups in total. The minimum Gasteiger partial charge on any atom is -0.391 e. The van der Waals surface area contributed by atoms with Crippen LogP contribution in [0.1, 0.15) is 103 Å². The van der Waals surface area contributed by atoms with Crippen molar-refractivity contribution in [3.05, 3.63) is 42.2 Å². The summed E-state index contributed by atoms with van der Waals surface area (Å²) in [6.45, 7) is 8.53. The normalized spacial score (nSPS) is 15.7. The minimum absolute atomic E-state index is 0.0119. The highest BCUT2D eigenvalue weighted by molar-refractivity contribution is 5.82. The second kappa shape index (κ2) is 15.4. The van der Waals surface area contributed by atoms with E-state index in [9.17, 15) is 14.7 Å². The molecule has 10 nitrogen and oxygen atoms in total. The van der Waals surface area contributed by atoms with Gasteiger partial charge in [-0.15, -0.1) is 10.2 Å². The molecule has 234 valence electrons. The van der Waals surface area contributed by atoms with Crippen LogP contribution in [0.5, 0.6) is 0 Å². The number of nitrogens with zero attached hydrogens (tertiary/aromatic N) is 5. The van der Waals surface area contributed by atoms with Gasteiger partial charge in [-0.3, -0.25) is 19.0 Å². The Morgan fingerprint density at radius 2 is 1.93 bits per heavy atom. The van der Waals surface area contributed by atoms with Crippen molar-refractivity contribution in [2.24, 2.45) is 11.3 Å². The molecule has 0 radical (unpaired) electrons. The number of pyridine rings is 1. The van der Waals surface area contributed by atoms with Crippen LogP contribution in [-0.2, 0) is 22.4 Å². The van der Waals surface area contributed by atoms with Gasteiger partial charge in [-0.05, 0) is 43.7 Å². The molecular weight excluding hydrogens is 542 g/mol. The van der Waals surface area contributed by atoms with E-state index in [1.54, 1.807) is 12.4 Å². The Bertz CT molecular complexity index is 1340. The van der Waals surface area contributed by atoms with Gasteiger partial charge in [0.15, 0.2) is 5.65 Å². The van der Waals surface area contributed by atoms with Gasteiger partial charge in [0.1, 0.15) is 5.82 Å². The predicted molar refractivity (Wildman–Crippen MR) is 167 cm³/mol. The van der Waals surface area contributed by atoms with Crippen molar-refractivity contribution in [3.8, 4) is 11.3 Å². The molecule has 0 aromatic carbocycles. The van der Waals surface area contributed by atoms with Crippen molar-refractivity contribution < 1.29 is 14.7 Å². The van der Waals surface area contributed by atoms with Crippen molar-refractivity contribution in [3.63, 3.8) is 0 Å². The Morgan fingerprint density at radius 3 is 2.63 bits per heavy atom. The van der Waals surface area contributed by atoms with Gasteiger partial charge in [0.2, 0.25) is 11.8 Å². The number of aryl methyl sites for hydroxylation is 1. The van der Waals surface area contributed by atoms with Crippen LogP contribution in [0.15, 0.2) is 30.7 Å². The molecule has 0 saturated heterocycles. The molecule has 43 heavy (non-hydrogen) atoms. The van der Waals surface area contributed by atoms with Gasteiger partial charge in [-0.2, -0.15) is 0 Å². The summed E-state index contributed by atoms with van der Waals surface area (Å²) in [6, 6.07) is 3.37. The number of hydrogen-bond acceptors (Lipinski definition) is 7. The fourth-order valence-corrected chi connectivity index (χ4v) is 6.05. The number of aromatic nitrogens is 5. The lowest BCUT2D eigenvalue weighted by molar-refractivity contribution is -0.131. The van der Waals surface area contributed by atoms with Gasteiger partial charge >= 0.3 is 0 Å². The number of fused-ring (bicyclic) bond motifs is 1. The molecule has 3 aromatic heterocycles. The third-order valence-corrected chi connectivity index (χ3v) is 8.57. The lowest BCUT2D eigenvalue weighted by Gasteiger charge is -2.34. The van der Waals surface area contributed by atoms with Crippen LogP contribution >= 0.6 is 0 Å². The van der Waals surface area contributed by atoms with E-state index < -0.39 is 17.6 Å². The summed E-state index contributed by atoms with van der Waals surface area (Å²) in [5.74, 6) is 0.655. The fraction of sp³-hybridized carbons (Fsp3) is 0.636. The number of carbonyl (C=O) groups excluding carboxylic acids is 2. The maximum absolute atomic E-state index is 13.5. The summed E-state index contributed by atoms with van der Waals surface area (Å²) in [5.41, 5.74) is 2.33. The van der Waals surface area contributed by atoms with Crippen LogP contribution in [0.3, 0.4) is 0 Å². The molecular formula is C33H49N7O3. The van der Waals surface area contributed by atoms with E-state index in [2.05, 4.69) is 39.7 Å². The first-order valence-electron chi connectivity index (χ1n) is 16.1. The molecule has 4 rings (SSSR count). The zero-order valence-corrected chi connectivity index (χ0v) is 26.3. The first-order valence-corrected chi connectivity index (χ1v) is 16.1. The fourth-order valence-electron chi connectivity index (χ4n) is 6.05. The van der Waals surface area contributed by atoms with E-state index in [0.29, 0.717) is 30.4 Å². The highest BCUT2D eigenvalue weighted by Crippen LogP contribution is 2.31. The smallest absolute Gasteiger partial charge is 0.227 e. The molecule has 0 aliphatic heterocycles. The molecule has 10 heteroatoms. The predicted octanol–water partition coefficient (Wildman–Crippen LogP) is 4.83. The van der Waals surface area contributed by atoms with E-state index in [0.717, 1.165) is 55.5 Å². The van der Waals surface area contributed by atoms with Crippen LogP contribution in [0.2, 0.25) is 0 Å². The lowest BCUT2D eigenvalue weighted by Crippen LogP contribution is -2.49. The number of aliphatic hydroxyl groups excluding tert-OH is 1. The molecule has 1 aliphatic carbocycles. The van der Waals surface area contributed by atoms with E-state index >= 15 is 0 Å². The van der Waals surface area contributed by atoms with Gasteiger partial charge in [0.05, 0.1) is 30.0 Å². The molecule has 1 saturated carbocycles. The molecule has 3 heterocycles. The number of rotatable bonds is 15. The highest BCUT2D eigenvalue weighted by atomic mass is 16.3. The molecule has 0 bridgehead atoms. The molecule has 0 spiro atoms. The summed E-state index contributed by atoms with van der Waals surface area (Å²) in [7, 11) is 0. The number of amides is 2. The lowest BCUT2D eigenvalue weighted by atomic mass is 9.79. The molecule has 2 amide bonds. The highest BCUT2D eigenvalue weighted by Gasteiger charge is 2.35. The molecule has 1 fully saturated rings. The SMILES string of the molecule is CCCCNC(=O)C(C)(C)C[C@H](O)[C@H](CC1CCCCC1)NC(=O)Cc1nnc2c(CCC)nc(-c3cccnc3)cn12. The number of carbonyl (C=O) groups is 2. The first-order chi connectivity index (χ1) is 20.7. The summed E-state index contributed by atoms with van der Waals surface area (Å²) < 4.78 is 1.86. The van der Waals surface area contributed by atoms with Crippen molar-refractivity contribution in [1.29, 1.82) is 0 Å². The average Bonchev–Trinajstić information content (AvgIpc) is 3.40. The van der Waals surface area contributed by atoms with Crippen molar-refractivity contribution >= 4 is 17.5 Å².